The van der Waals surface area contributed by atoms with E-state index in [0.29, 0.717) is 12.2 Å². The van der Waals surface area contributed by atoms with Crippen LogP contribution in [0.25, 0.3) is 22.0 Å². The van der Waals surface area contributed by atoms with Crippen LogP contribution in [0.4, 0.5) is 0 Å². The molecule has 1 heterocycles. The summed E-state index contributed by atoms with van der Waals surface area (Å²) in [6.45, 7) is 2.51. The maximum Gasteiger partial charge on any atom is 0.355 e. The molecule has 0 aliphatic heterocycles. The van der Waals surface area contributed by atoms with E-state index < -0.39 is 0 Å². The van der Waals surface area contributed by atoms with Gasteiger partial charge in [-0.25, -0.2) is 4.79 Å². The molecule has 0 spiro atoms. The van der Waals surface area contributed by atoms with Crippen LogP contribution in [-0.4, -0.2) is 29.4 Å². The molecule has 152 valence electrons. The van der Waals surface area contributed by atoms with E-state index in [0.717, 1.165) is 33.3 Å². The minimum absolute atomic E-state index is 0.192. The van der Waals surface area contributed by atoms with Crippen molar-refractivity contribution < 1.29 is 19.4 Å². The molecule has 0 amide bonds. The first-order valence-corrected chi connectivity index (χ1v) is 9.83. The molecule has 0 atom stereocenters. The molecule has 0 saturated heterocycles. The number of esters is 1. The lowest BCUT2D eigenvalue weighted by Gasteiger charge is -2.12. The van der Waals surface area contributed by atoms with Gasteiger partial charge in [0, 0.05) is 23.0 Å². The lowest BCUT2D eigenvalue weighted by atomic mass is 10.0. The van der Waals surface area contributed by atoms with Gasteiger partial charge >= 0.3 is 5.97 Å². The van der Waals surface area contributed by atoms with Gasteiger partial charge in [0.1, 0.15) is 17.2 Å². The minimum Gasteiger partial charge on any atom is -0.508 e. The quantitative estimate of drug-likeness (QED) is 0.449. The maximum absolute atomic E-state index is 13.1. The highest BCUT2D eigenvalue weighted by atomic mass is 16.5. The number of carbonyl (C=O) groups is 1. The molecule has 3 aromatic carbocycles. The predicted octanol–water partition coefficient (Wildman–Crippen LogP) is 5.25. The van der Waals surface area contributed by atoms with Crippen molar-refractivity contribution in [3.8, 4) is 22.6 Å². The molecule has 0 unspecified atom stereocenters. The van der Waals surface area contributed by atoms with Crippen LogP contribution < -0.4 is 4.74 Å². The Kier molecular flexibility index (Phi) is 5.44. The summed E-state index contributed by atoms with van der Waals surface area (Å²) in [5.74, 6) is 0.566. The first-order valence-electron chi connectivity index (χ1n) is 9.83. The van der Waals surface area contributed by atoms with E-state index in [1.807, 2.05) is 59.2 Å². The van der Waals surface area contributed by atoms with Crippen LogP contribution in [0.2, 0.25) is 0 Å². The van der Waals surface area contributed by atoms with Gasteiger partial charge in [-0.15, -0.1) is 0 Å². The summed E-state index contributed by atoms with van der Waals surface area (Å²) >= 11 is 0. The van der Waals surface area contributed by atoms with Crippen molar-refractivity contribution in [2.75, 3.05) is 13.7 Å². The zero-order chi connectivity index (χ0) is 21.1. The number of methoxy groups -OCH3 is 1. The van der Waals surface area contributed by atoms with Crippen LogP contribution in [-0.2, 0) is 11.3 Å². The Labute approximate surface area is 175 Å². The zero-order valence-electron chi connectivity index (χ0n) is 17.0. The Balaban J connectivity index is 1.97. The Morgan fingerprint density at radius 2 is 1.77 bits per heavy atom. The van der Waals surface area contributed by atoms with E-state index in [4.69, 9.17) is 9.47 Å². The summed E-state index contributed by atoms with van der Waals surface area (Å²) < 4.78 is 12.7. The lowest BCUT2D eigenvalue weighted by molar-refractivity contribution is 0.0516. The summed E-state index contributed by atoms with van der Waals surface area (Å²) in [5.41, 5.74) is 4.04. The van der Waals surface area contributed by atoms with E-state index >= 15 is 0 Å². The maximum atomic E-state index is 13.1. The average Bonchev–Trinajstić information content (AvgIpc) is 3.08. The van der Waals surface area contributed by atoms with E-state index in [1.165, 1.54) is 0 Å². The number of rotatable bonds is 6. The van der Waals surface area contributed by atoms with Gasteiger partial charge in [0.2, 0.25) is 0 Å². The third kappa shape index (κ3) is 3.62. The molecule has 0 bridgehead atoms. The van der Waals surface area contributed by atoms with Crippen molar-refractivity contribution in [1.29, 1.82) is 0 Å². The molecule has 5 nitrogen and oxygen atoms in total. The summed E-state index contributed by atoms with van der Waals surface area (Å²) in [5, 5.41) is 10.9. The second kappa shape index (κ2) is 8.33. The van der Waals surface area contributed by atoms with Crippen molar-refractivity contribution in [3.05, 3.63) is 84.1 Å². The van der Waals surface area contributed by atoms with Gasteiger partial charge < -0.3 is 19.1 Å². The van der Waals surface area contributed by atoms with Crippen LogP contribution in [0.5, 0.6) is 11.5 Å². The molecule has 4 rings (SSSR count). The fourth-order valence-electron chi connectivity index (χ4n) is 3.77. The van der Waals surface area contributed by atoms with E-state index in [2.05, 4.69) is 0 Å². The largest absolute Gasteiger partial charge is 0.508 e. The van der Waals surface area contributed by atoms with Crippen molar-refractivity contribution in [1.82, 2.24) is 4.57 Å². The highest BCUT2D eigenvalue weighted by Gasteiger charge is 2.25. The first kappa shape index (κ1) is 19.6. The van der Waals surface area contributed by atoms with Gasteiger partial charge in [0.25, 0.3) is 0 Å². The molecule has 0 radical (unpaired) electrons. The molecular weight excluding hydrogens is 378 g/mol. The van der Waals surface area contributed by atoms with Gasteiger partial charge in [-0.05, 0) is 48.4 Å². The summed E-state index contributed by atoms with van der Waals surface area (Å²) in [6.07, 6.45) is 0. The van der Waals surface area contributed by atoms with Crippen LogP contribution >= 0.6 is 0 Å². The normalized spacial score (nSPS) is 10.9. The van der Waals surface area contributed by atoms with Crippen molar-refractivity contribution in [2.45, 2.75) is 13.5 Å². The third-order valence-corrected chi connectivity index (χ3v) is 5.07. The first-order chi connectivity index (χ1) is 14.6. The number of phenolic OH excluding ortho intramolecular Hbond substituents is 1. The fourth-order valence-corrected chi connectivity index (χ4v) is 3.77. The van der Waals surface area contributed by atoms with Gasteiger partial charge in [-0.1, -0.05) is 42.5 Å². The van der Waals surface area contributed by atoms with Gasteiger partial charge in [0.05, 0.1) is 13.7 Å². The summed E-state index contributed by atoms with van der Waals surface area (Å²) in [7, 11) is 1.63. The standard InChI is InChI=1S/C25H23NO4/c1-3-30-25(28)24-23(18-11-13-20(29-2)14-12-18)21-9-4-5-10-22(21)26(24)16-17-7-6-8-19(27)15-17/h4-15,27H,3,16H2,1-2H3. The number of hydrogen-bond acceptors (Lipinski definition) is 4. The number of fused-ring (bicyclic) bond motifs is 1. The van der Waals surface area contributed by atoms with Crippen molar-refractivity contribution in [3.63, 3.8) is 0 Å². The topological polar surface area (TPSA) is 60.7 Å². The van der Waals surface area contributed by atoms with Crippen LogP contribution in [0.1, 0.15) is 23.0 Å². The molecule has 4 aromatic rings. The number of hydrogen-bond donors (Lipinski definition) is 1. The van der Waals surface area contributed by atoms with Crippen molar-refractivity contribution >= 4 is 16.9 Å². The molecule has 30 heavy (non-hydrogen) atoms. The lowest BCUT2D eigenvalue weighted by Crippen LogP contribution is -2.14. The number of benzene rings is 3. The highest BCUT2D eigenvalue weighted by Crippen LogP contribution is 2.37. The minimum atomic E-state index is -0.375. The Morgan fingerprint density at radius 1 is 1.00 bits per heavy atom. The number of ether oxygens (including phenoxy) is 2. The summed E-state index contributed by atoms with van der Waals surface area (Å²) in [4.78, 5) is 13.1. The number of para-hydroxylation sites is 1. The SMILES string of the molecule is CCOC(=O)c1c(-c2ccc(OC)cc2)c2ccccc2n1Cc1cccc(O)c1. The molecule has 5 heteroatoms. The molecule has 0 fully saturated rings. The molecule has 0 aliphatic carbocycles. The van der Waals surface area contributed by atoms with E-state index in [1.54, 1.807) is 32.2 Å². The second-order valence-electron chi connectivity index (χ2n) is 6.95. The van der Waals surface area contributed by atoms with Gasteiger partial charge in [-0.3, -0.25) is 0 Å². The highest BCUT2D eigenvalue weighted by molar-refractivity contribution is 6.08. The third-order valence-electron chi connectivity index (χ3n) is 5.07. The fraction of sp³-hybridized carbons (Fsp3) is 0.160. The Hall–Kier alpha value is -3.73. The van der Waals surface area contributed by atoms with E-state index in [-0.39, 0.29) is 18.3 Å². The smallest absolute Gasteiger partial charge is 0.355 e. The predicted molar refractivity (Wildman–Crippen MR) is 117 cm³/mol. The number of aromatic hydroxyl groups is 1. The van der Waals surface area contributed by atoms with Crippen LogP contribution in [0.3, 0.4) is 0 Å². The van der Waals surface area contributed by atoms with Crippen molar-refractivity contribution in [2.24, 2.45) is 0 Å². The number of phenols is 1. The van der Waals surface area contributed by atoms with Gasteiger partial charge in [0.15, 0.2) is 0 Å². The second-order valence-corrected chi connectivity index (χ2v) is 6.95. The van der Waals surface area contributed by atoms with Gasteiger partial charge in [-0.2, -0.15) is 0 Å². The van der Waals surface area contributed by atoms with E-state index in [9.17, 15) is 9.90 Å². The summed E-state index contributed by atoms with van der Waals surface area (Å²) in [6, 6.07) is 22.6. The molecule has 1 N–H and O–H groups in total. The Morgan fingerprint density at radius 3 is 2.47 bits per heavy atom. The Bertz CT molecular complexity index is 1190. The number of aromatic nitrogens is 1. The molecule has 1 aromatic heterocycles. The molecular formula is C25H23NO4. The number of nitrogens with zero attached hydrogens (tertiary/aromatic N) is 1. The van der Waals surface area contributed by atoms with Crippen LogP contribution in [0, 0.1) is 0 Å². The molecule has 0 saturated carbocycles. The average molecular weight is 401 g/mol. The monoisotopic (exact) mass is 401 g/mol. The van der Waals surface area contributed by atoms with Crippen LogP contribution in [0.15, 0.2) is 72.8 Å². The zero-order valence-corrected chi connectivity index (χ0v) is 17.0. The molecule has 0 aliphatic rings. The number of carbonyl (C=O) groups excluding carboxylic acids is 1.